The summed E-state index contributed by atoms with van der Waals surface area (Å²) in [6.07, 6.45) is -4.50. The molecule has 3 aromatic carbocycles. The molecule has 0 saturated carbocycles. The van der Waals surface area contributed by atoms with Crippen molar-refractivity contribution in [1.82, 2.24) is 0 Å². The Hall–Kier alpha value is -4.35. The Balaban J connectivity index is 1.94. The largest absolute Gasteiger partial charge is 0.459 e. The molecule has 3 atom stereocenters. The summed E-state index contributed by atoms with van der Waals surface area (Å²) in [5.74, 6) is -2.72. The average Bonchev–Trinajstić information content (AvgIpc) is 2.93. The van der Waals surface area contributed by atoms with Crippen molar-refractivity contribution >= 4 is 34.3 Å². The lowest BCUT2D eigenvalue weighted by Crippen LogP contribution is -2.48. The summed E-state index contributed by atoms with van der Waals surface area (Å²) in [6, 6.07) is 18.9. The molecule has 0 radical (unpaired) electrons. The van der Waals surface area contributed by atoms with Gasteiger partial charge in [-0.2, -0.15) is 8.42 Å². The van der Waals surface area contributed by atoms with Crippen molar-refractivity contribution in [2.75, 3.05) is 12.9 Å². The highest BCUT2D eigenvalue weighted by Crippen LogP contribution is 2.19. The number of hydrogen-bond donors (Lipinski definition) is 0. The number of aldehydes is 1. The van der Waals surface area contributed by atoms with Gasteiger partial charge in [-0.1, -0.05) is 53.1 Å². The first-order valence-electron chi connectivity index (χ1n) is 12.5. The van der Waals surface area contributed by atoms with Crippen LogP contribution in [0.25, 0.3) is 0 Å². The first-order chi connectivity index (χ1) is 19.4. The van der Waals surface area contributed by atoms with Crippen molar-refractivity contribution in [3.63, 3.8) is 0 Å². The molecule has 0 spiro atoms. The minimum atomic E-state index is -4.26. The standard InChI is InChI=1S/C30H30O10S/c1-19-5-11-22(12-6-19)28(32)37-18-26(40-41(4,35)36)27(39-30(34)24-15-9-21(3)10-16-24)25(17-31)38-29(33)23-13-7-20(2)8-14-23/h5-17,25-27H,18H2,1-4H3/t25-,26-,27+/m0/s1. The summed E-state index contributed by atoms with van der Waals surface area (Å²) in [6.45, 7) is 4.69. The summed E-state index contributed by atoms with van der Waals surface area (Å²) in [5.41, 5.74) is 2.96. The highest BCUT2D eigenvalue weighted by Gasteiger charge is 2.40. The minimum absolute atomic E-state index is 0.0739. The second kappa shape index (κ2) is 13.8. The molecule has 10 nitrogen and oxygen atoms in total. The van der Waals surface area contributed by atoms with Crippen LogP contribution >= 0.6 is 0 Å². The first-order valence-corrected chi connectivity index (χ1v) is 14.3. The lowest BCUT2D eigenvalue weighted by molar-refractivity contribution is -0.128. The monoisotopic (exact) mass is 582 g/mol. The summed E-state index contributed by atoms with van der Waals surface area (Å²) < 4.78 is 45.6. The van der Waals surface area contributed by atoms with Crippen molar-refractivity contribution in [1.29, 1.82) is 0 Å². The molecule has 0 aliphatic rings. The van der Waals surface area contributed by atoms with E-state index in [4.69, 9.17) is 18.4 Å². The molecule has 0 saturated heterocycles. The van der Waals surface area contributed by atoms with E-state index in [1.807, 2.05) is 20.8 Å². The van der Waals surface area contributed by atoms with Crippen molar-refractivity contribution in [2.45, 2.75) is 39.1 Å². The molecule has 3 rings (SSSR count). The molecule has 0 aromatic heterocycles. The van der Waals surface area contributed by atoms with Crippen molar-refractivity contribution < 1.29 is 46.0 Å². The Morgan fingerprint density at radius 2 is 1.07 bits per heavy atom. The van der Waals surface area contributed by atoms with Gasteiger partial charge in [-0.25, -0.2) is 14.4 Å². The summed E-state index contributed by atoms with van der Waals surface area (Å²) in [7, 11) is -4.26. The molecule has 0 N–H and O–H groups in total. The molecule has 0 aliphatic heterocycles. The maximum Gasteiger partial charge on any atom is 0.338 e. The van der Waals surface area contributed by atoms with Crippen LogP contribution in [0.2, 0.25) is 0 Å². The summed E-state index contributed by atoms with van der Waals surface area (Å²) in [5, 5.41) is 0. The Bertz CT molecular complexity index is 1480. The van der Waals surface area contributed by atoms with E-state index in [1.54, 1.807) is 36.4 Å². The predicted molar refractivity (Wildman–Crippen MR) is 148 cm³/mol. The molecular weight excluding hydrogens is 552 g/mol. The lowest BCUT2D eigenvalue weighted by Gasteiger charge is -2.29. The lowest BCUT2D eigenvalue weighted by atomic mass is 10.1. The number of esters is 3. The average molecular weight is 583 g/mol. The van der Waals surface area contributed by atoms with Crippen LogP contribution in [-0.4, -0.2) is 63.8 Å². The zero-order valence-corrected chi connectivity index (χ0v) is 23.8. The molecule has 0 fully saturated rings. The molecule has 0 bridgehead atoms. The number of hydrogen-bond acceptors (Lipinski definition) is 10. The van der Waals surface area contributed by atoms with Gasteiger partial charge < -0.3 is 14.2 Å². The fraction of sp³-hybridized carbons (Fsp3) is 0.267. The zero-order chi connectivity index (χ0) is 30.2. The Kier molecular flexibility index (Phi) is 10.5. The van der Waals surface area contributed by atoms with Gasteiger partial charge in [-0.3, -0.25) is 8.98 Å². The van der Waals surface area contributed by atoms with Gasteiger partial charge in [0.15, 0.2) is 24.6 Å². The number of benzene rings is 3. The quantitative estimate of drug-likeness (QED) is 0.134. The van der Waals surface area contributed by atoms with Crippen molar-refractivity contribution in [2.24, 2.45) is 0 Å². The second-order valence-corrected chi connectivity index (χ2v) is 11.0. The number of aryl methyl sites for hydroxylation is 3. The van der Waals surface area contributed by atoms with Gasteiger partial charge in [-0.15, -0.1) is 0 Å². The van der Waals surface area contributed by atoms with E-state index in [9.17, 15) is 27.6 Å². The number of rotatable bonds is 12. The van der Waals surface area contributed by atoms with E-state index in [0.717, 1.165) is 22.9 Å². The molecule has 0 amide bonds. The molecule has 0 aliphatic carbocycles. The second-order valence-electron chi connectivity index (χ2n) is 9.41. The number of carbonyl (C=O) groups excluding carboxylic acids is 4. The zero-order valence-electron chi connectivity index (χ0n) is 22.9. The fourth-order valence-electron chi connectivity index (χ4n) is 3.62. The van der Waals surface area contributed by atoms with Crippen LogP contribution < -0.4 is 0 Å². The van der Waals surface area contributed by atoms with Crippen LogP contribution in [0.3, 0.4) is 0 Å². The van der Waals surface area contributed by atoms with Crippen LogP contribution in [0.15, 0.2) is 72.8 Å². The SMILES string of the molecule is Cc1ccc(C(=O)OC[C@H](OS(C)(=O)=O)[C@H](OC(=O)c2ccc(C)cc2)[C@H](C=O)OC(=O)c2ccc(C)cc2)cc1. The topological polar surface area (TPSA) is 139 Å². The van der Waals surface area contributed by atoms with Crippen LogP contribution in [-0.2, 0) is 33.3 Å². The van der Waals surface area contributed by atoms with Gasteiger partial charge in [0.05, 0.1) is 22.9 Å². The van der Waals surface area contributed by atoms with E-state index in [1.165, 1.54) is 36.4 Å². The molecule has 0 unspecified atom stereocenters. The van der Waals surface area contributed by atoms with E-state index in [0.29, 0.717) is 0 Å². The normalized spacial score (nSPS) is 13.4. The molecule has 216 valence electrons. The molecule has 11 heteroatoms. The summed E-state index contributed by atoms with van der Waals surface area (Å²) >= 11 is 0. The highest BCUT2D eigenvalue weighted by atomic mass is 32.2. The van der Waals surface area contributed by atoms with Crippen LogP contribution in [0.1, 0.15) is 47.8 Å². The maximum atomic E-state index is 13.1. The third-order valence-electron chi connectivity index (χ3n) is 5.85. The summed E-state index contributed by atoms with van der Waals surface area (Å²) in [4.78, 5) is 50.8. The fourth-order valence-corrected chi connectivity index (χ4v) is 4.24. The third kappa shape index (κ3) is 9.37. The van der Waals surface area contributed by atoms with Crippen LogP contribution in [0, 0.1) is 20.8 Å². The van der Waals surface area contributed by atoms with Gasteiger partial charge in [0, 0.05) is 0 Å². The van der Waals surface area contributed by atoms with E-state index in [-0.39, 0.29) is 23.0 Å². The first kappa shape index (κ1) is 31.2. The molecule has 0 heterocycles. The van der Waals surface area contributed by atoms with E-state index >= 15 is 0 Å². The number of ether oxygens (including phenoxy) is 3. The number of carbonyl (C=O) groups is 4. The van der Waals surface area contributed by atoms with Crippen molar-refractivity contribution in [3.05, 3.63) is 106 Å². The van der Waals surface area contributed by atoms with Gasteiger partial charge >= 0.3 is 17.9 Å². The molecular formula is C30H30O10S. The van der Waals surface area contributed by atoms with E-state index in [2.05, 4.69) is 0 Å². The highest BCUT2D eigenvalue weighted by molar-refractivity contribution is 7.86. The maximum absolute atomic E-state index is 13.1. The van der Waals surface area contributed by atoms with Crippen molar-refractivity contribution in [3.8, 4) is 0 Å². The Morgan fingerprint density at radius 1 is 0.683 bits per heavy atom. The van der Waals surface area contributed by atoms with Gasteiger partial charge in [0.1, 0.15) is 6.61 Å². The van der Waals surface area contributed by atoms with Crippen LogP contribution in [0.5, 0.6) is 0 Å². The minimum Gasteiger partial charge on any atom is -0.459 e. The van der Waals surface area contributed by atoms with Gasteiger partial charge in [0.2, 0.25) is 0 Å². The van der Waals surface area contributed by atoms with E-state index < -0.39 is 52.9 Å². The smallest absolute Gasteiger partial charge is 0.338 e. The molecule has 41 heavy (non-hydrogen) atoms. The third-order valence-corrected chi connectivity index (χ3v) is 6.45. The predicted octanol–water partition coefficient (Wildman–Crippen LogP) is 3.76. The van der Waals surface area contributed by atoms with Crippen LogP contribution in [0.4, 0.5) is 0 Å². The molecule has 3 aromatic rings. The van der Waals surface area contributed by atoms with Gasteiger partial charge in [0.25, 0.3) is 10.1 Å². The van der Waals surface area contributed by atoms with Gasteiger partial charge in [-0.05, 0) is 57.2 Å². The Labute approximate surface area is 238 Å². The Morgan fingerprint density at radius 3 is 1.46 bits per heavy atom.